The van der Waals surface area contributed by atoms with Crippen LogP contribution in [0.3, 0.4) is 0 Å². The Hall–Kier alpha value is -3.45. The molecule has 35 heavy (non-hydrogen) atoms. The van der Waals surface area contributed by atoms with Crippen LogP contribution in [0.2, 0.25) is 0 Å². The summed E-state index contributed by atoms with van der Waals surface area (Å²) in [5, 5.41) is 9.19. The molecule has 1 amide bonds. The number of aliphatic hydroxyl groups excluding tert-OH is 1. The van der Waals surface area contributed by atoms with Crippen LogP contribution in [-0.2, 0) is 20.7 Å². The first kappa shape index (κ1) is 26.2. The maximum atomic E-state index is 13.2. The number of nitrogens with two attached hydrogens (primary N) is 1. The van der Waals surface area contributed by atoms with Gasteiger partial charge in [0.05, 0.1) is 18.7 Å². The molecule has 1 aliphatic heterocycles. The van der Waals surface area contributed by atoms with E-state index in [9.17, 15) is 14.7 Å². The van der Waals surface area contributed by atoms with Gasteiger partial charge >= 0.3 is 5.97 Å². The molecule has 2 aromatic carbocycles. The Labute approximate surface area is 207 Å². The summed E-state index contributed by atoms with van der Waals surface area (Å²) in [5.41, 5.74) is 11.2. The average molecular weight is 478 g/mol. The number of amides is 1. The summed E-state index contributed by atoms with van der Waals surface area (Å²) in [6, 6.07) is 13.7. The highest BCUT2D eigenvalue weighted by molar-refractivity contribution is 6.05. The van der Waals surface area contributed by atoms with Crippen LogP contribution in [-0.4, -0.2) is 54.0 Å². The Balaban J connectivity index is 1.81. The molecule has 0 unspecified atom stereocenters. The molecule has 0 fully saturated rings. The predicted octanol–water partition coefficient (Wildman–Crippen LogP) is 4.25. The molecule has 186 valence electrons. The van der Waals surface area contributed by atoms with E-state index in [-0.39, 0.29) is 31.3 Å². The lowest BCUT2D eigenvalue weighted by atomic mass is 9.99. The standard InChI is InChI=1S/C28H35N3O4/c1-3-12-31(13-5-14-32)28(34)24-17-23-11-10-22(18-25(23)30-26(29)19-24)21-8-6-20(7-9-21)16-27(33)35-15-4-2/h6-11,17-18,32H,3-5,12-16,19H2,1-2H3,(H2,29,30). The van der Waals surface area contributed by atoms with E-state index in [1.165, 1.54) is 0 Å². The Kier molecular flexibility index (Phi) is 9.61. The fourth-order valence-corrected chi connectivity index (χ4v) is 4.01. The zero-order chi connectivity index (χ0) is 25.2. The molecule has 3 N–H and O–H groups in total. The van der Waals surface area contributed by atoms with Crippen LogP contribution >= 0.6 is 0 Å². The van der Waals surface area contributed by atoms with Gasteiger partial charge in [-0.2, -0.15) is 0 Å². The van der Waals surface area contributed by atoms with Crippen LogP contribution < -0.4 is 5.73 Å². The second kappa shape index (κ2) is 12.9. The summed E-state index contributed by atoms with van der Waals surface area (Å²) in [6.07, 6.45) is 4.60. The number of hydrogen-bond donors (Lipinski definition) is 2. The Morgan fingerprint density at radius 1 is 1.06 bits per heavy atom. The summed E-state index contributed by atoms with van der Waals surface area (Å²) >= 11 is 0. The monoisotopic (exact) mass is 477 g/mol. The lowest BCUT2D eigenvalue weighted by Gasteiger charge is -2.23. The molecule has 3 rings (SSSR count). The first-order valence-electron chi connectivity index (χ1n) is 12.3. The zero-order valence-electron chi connectivity index (χ0n) is 20.6. The number of rotatable bonds is 11. The maximum Gasteiger partial charge on any atom is 0.310 e. The Bertz CT molecular complexity index is 1090. The number of aliphatic imine (C=N–C) groups is 1. The van der Waals surface area contributed by atoms with E-state index in [0.29, 0.717) is 43.2 Å². The predicted molar refractivity (Wildman–Crippen MR) is 139 cm³/mol. The van der Waals surface area contributed by atoms with Crippen molar-refractivity contribution < 1.29 is 19.4 Å². The number of benzene rings is 2. The summed E-state index contributed by atoms with van der Waals surface area (Å²) < 4.78 is 5.16. The van der Waals surface area contributed by atoms with Gasteiger partial charge in [-0.15, -0.1) is 0 Å². The third-order valence-electron chi connectivity index (χ3n) is 5.74. The van der Waals surface area contributed by atoms with E-state index >= 15 is 0 Å². The summed E-state index contributed by atoms with van der Waals surface area (Å²) in [6.45, 7) is 5.62. The van der Waals surface area contributed by atoms with Crippen LogP contribution in [0.4, 0.5) is 5.69 Å². The van der Waals surface area contributed by atoms with Crippen molar-refractivity contribution >= 4 is 29.5 Å². The molecule has 7 nitrogen and oxygen atoms in total. The number of hydrogen-bond acceptors (Lipinski definition) is 6. The normalized spacial score (nSPS) is 12.8. The Morgan fingerprint density at radius 2 is 1.80 bits per heavy atom. The van der Waals surface area contributed by atoms with Crippen molar-refractivity contribution in [2.75, 3.05) is 26.3 Å². The van der Waals surface area contributed by atoms with Crippen molar-refractivity contribution in [2.45, 2.75) is 46.0 Å². The van der Waals surface area contributed by atoms with E-state index < -0.39 is 0 Å². The van der Waals surface area contributed by atoms with Crippen LogP contribution in [0.15, 0.2) is 53.0 Å². The van der Waals surface area contributed by atoms with Gasteiger partial charge < -0.3 is 20.5 Å². The van der Waals surface area contributed by atoms with Crippen molar-refractivity contribution in [1.82, 2.24) is 4.90 Å². The number of fused-ring (bicyclic) bond motifs is 1. The van der Waals surface area contributed by atoms with Gasteiger partial charge in [0.25, 0.3) is 0 Å². The van der Waals surface area contributed by atoms with E-state index in [2.05, 4.69) is 4.99 Å². The molecule has 0 spiro atoms. The summed E-state index contributed by atoms with van der Waals surface area (Å²) in [7, 11) is 0. The molecule has 1 aliphatic rings. The Morgan fingerprint density at radius 3 is 2.49 bits per heavy atom. The van der Waals surface area contributed by atoms with Gasteiger partial charge in [-0.3, -0.25) is 9.59 Å². The molecular formula is C28H35N3O4. The van der Waals surface area contributed by atoms with Crippen molar-refractivity contribution in [3.8, 4) is 11.1 Å². The van der Waals surface area contributed by atoms with Crippen LogP contribution in [0.1, 0.15) is 50.7 Å². The number of nitrogens with zero attached hydrogens (tertiary/aromatic N) is 2. The van der Waals surface area contributed by atoms with Crippen LogP contribution in [0.25, 0.3) is 17.2 Å². The lowest BCUT2D eigenvalue weighted by molar-refractivity contribution is -0.142. The van der Waals surface area contributed by atoms with Crippen LogP contribution in [0, 0.1) is 0 Å². The molecule has 0 radical (unpaired) electrons. The highest BCUT2D eigenvalue weighted by atomic mass is 16.5. The first-order valence-corrected chi connectivity index (χ1v) is 12.3. The average Bonchev–Trinajstić information content (AvgIpc) is 3.02. The highest BCUT2D eigenvalue weighted by Crippen LogP contribution is 2.32. The largest absolute Gasteiger partial charge is 0.465 e. The van der Waals surface area contributed by atoms with Gasteiger partial charge in [0.1, 0.15) is 5.84 Å². The van der Waals surface area contributed by atoms with Crippen molar-refractivity contribution in [2.24, 2.45) is 10.7 Å². The quantitative estimate of drug-likeness (QED) is 0.471. The minimum Gasteiger partial charge on any atom is -0.465 e. The number of ether oxygens (including phenoxy) is 1. The molecule has 0 aromatic heterocycles. The molecule has 7 heteroatoms. The van der Waals surface area contributed by atoms with Gasteiger partial charge in [-0.05, 0) is 48.1 Å². The van der Waals surface area contributed by atoms with Gasteiger partial charge in [-0.25, -0.2) is 4.99 Å². The van der Waals surface area contributed by atoms with Gasteiger partial charge in [0.15, 0.2) is 0 Å². The summed E-state index contributed by atoms with van der Waals surface area (Å²) in [4.78, 5) is 31.4. The maximum absolute atomic E-state index is 13.2. The van der Waals surface area contributed by atoms with Crippen molar-refractivity contribution in [1.29, 1.82) is 0 Å². The zero-order valence-corrected chi connectivity index (χ0v) is 20.6. The smallest absolute Gasteiger partial charge is 0.310 e. The summed E-state index contributed by atoms with van der Waals surface area (Å²) in [5.74, 6) is 0.101. The fourth-order valence-electron chi connectivity index (χ4n) is 4.01. The van der Waals surface area contributed by atoms with Gasteiger partial charge in [-0.1, -0.05) is 50.2 Å². The second-order valence-electron chi connectivity index (χ2n) is 8.69. The first-order chi connectivity index (χ1) is 16.9. The highest BCUT2D eigenvalue weighted by Gasteiger charge is 2.21. The SMILES string of the molecule is CCCOC(=O)Cc1ccc(-c2ccc3c(c2)N=C(N)CC(C(=O)N(CCC)CCCO)=C3)cc1. The number of aliphatic hydroxyl groups is 1. The number of amidine groups is 1. The molecule has 0 saturated heterocycles. The number of carbonyl (C=O) groups excluding carboxylic acids is 2. The van der Waals surface area contributed by atoms with Crippen LogP contribution in [0.5, 0.6) is 0 Å². The molecule has 0 saturated carbocycles. The van der Waals surface area contributed by atoms with E-state index in [4.69, 9.17) is 10.5 Å². The van der Waals surface area contributed by atoms with Gasteiger partial charge in [0.2, 0.25) is 5.91 Å². The number of carbonyl (C=O) groups is 2. The molecule has 0 bridgehead atoms. The third-order valence-corrected chi connectivity index (χ3v) is 5.74. The van der Waals surface area contributed by atoms with Gasteiger partial charge in [0, 0.05) is 37.3 Å². The molecular weight excluding hydrogens is 442 g/mol. The van der Waals surface area contributed by atoms with E-state index in [0.717, 1.165) is 35.1 Å². The van der Waals surface area contributed by atoms with Crippen molar-refractivity contribution in [3.05, 3.63) is 59.2 Å². The van der Waals surface area contributed by atoms with E-state index in [1.54, 1.807) is 4.90 Å². The fraction of sp³-hybridized carbons (Fsp3) is 0.393. The van der Waals surface area contributed by atoms with Crippen molar-refractivity contribution in [3.63, 3.8) is 0 Å². The number of esters is 1. The molecule has 1 heterocycles. The topological polar surface area (TPSA) is 105 Å². The molecule has 2 aromatic rings. The minimum atomic E-state index is -0.222. The van der Waals surface area contributed by atoms with E-state index in [1.807, 2.05) is 62.4 Å². The molecule has 0 atom stereocenters. The molecule has 0 aliphatic carbocycles. The third kappa shape index (κ3) is 7.26. The minimum absolute atomic E-state index is 0.0473. The second-order valence-corrected chi connectivity index (χ2v) is 8.69. The lowest BCUT2D eigenvalue weighted by Crippen LogP contribution is -2.35.